The first kappa shape index (κ1) is 20.1. The Bertz CT molecular complexity index is 1040. The number of nitrogens with zero attached hydrogens (tertiary/aromatic N) is 3. The summed E-state index contributed by atoms with van der Waals surface area (Å²) in [6.45, 7) is 4.62. The Morgan fingerprint density at radius 1 is 1.32 bits per heavy atom. The Balaban J connectivity index is 1.98. The van der Waals surface area contributed by atoms with Gasteiger partial charge in [-0.1, -0.05) is 25.1 Å². The number of aryl methyl sites for hydroxylation is 1. The van der Waals surface area contributed by atoms with Gasteiger partial charge in [-0.05, 0) is 43.7 Å². The topological polar surface area (TPSA) is 71.0 Å². The summed E-state index contributed by atoms with van der Waals surface area (Å²) in [6.07, 6.45) is 1.96. The average Bonchev–Trinajstić information content (AvgIpc) is 3.06. The standard InChI is InChI=1S/C20H23FN4O2S/c1-4-5-10-24(3)17(26)12-28-20-23-16-11-13(2)22-18(16)19(27)25(20)15-8-6-14(21)7-9-15/h6-9,11,22H,4-5,10,12H2,1-3H3. The lowest BCUT2D eigenvalue weighted by molar-refractivity contribution is -0.127. The highest BCUT2D eigenvalue weighted by molar-refractivity contribution is 7.99. The van der Waals surface area contributed by atoms with Crippen LogP contribution in [0.2, 0.25) is 0 Å². The van der Waals surface area contributed by atoms with Gasteiger partial charge in [-0.15, -0.1) is 0 Å². The summed E-state index contributed by atoms with van der Waals surface area (Å²) in [4.78, 5) is 34.8. The smallest absolute Gasteiger partial charge is 0.283 e. The molecule has 3 rings (SSSR count). The number of rotatable bonds is 7. The van der Waals surface area contributed by atoms with Crippen LogP contribution in [0.5, 0.6) is 0 Å². The van der Waals surface area contributed by atoms with E-state index in [1.165, 1.54) is 40.6 Å². The minimum Gasteiger partial charge on any atom is -0.353 e. The van der Waals surface area contributed by atoms with Crippen molar-refractivity contribution in [3.63, 3.8) is 0 Å². The van der Waals surface area contributed by atoms with Gasteiger partial charge in [0.1, 0.15) is 11.3 Å². The van der Waals surface area contributed by atoms with Crippen molar-refractivity contribution < 1.29 is 9.18 Å². The molecule has 2 heterocycles. The third kappa shape index (κ3) is 4.27. The molecule has 8 heteroatoms. The van der Waals surface area contributed by atoms with Crippen LogP contribution in [0.4, 0.5) is 4.39 Å². The molecule has 6 nitrogen and oxygen atoms in total. The Hall–Kier alpha value is -2.61. The van der Waals surface area contributed by atoms with Gasteiger partial charge in [0.25, 0.3) is 5.56 Å². The monoisotopic (exact) mass is 402 g/mol. The first-order valence-electron chi connectivity index (χ1n) is 9.15. The summed E-state index contributed by atoms with van der Waals surface area (Å²) < 4.78 is 14.8. The number of fused-ring (bicyclic) bond motifs is 1. The third-order valence-electron chi connectivity index (χ3n) is 4.44. The van der Waals surface area contributed by atoms with Crippen molar-refractivity contribution in [2.45, 2.75) is 31.8 Å². The van der Waals surface area contributed by atoms with E-state index in [2.05, 4.69) is 16.9 Å². The van der Waals surface area contributed by atoms with Gasteiger partial charge in [-0.3, -0.25) is 14.2 Å². The van der Waals surface area contributed by atoms with E-state index in [1.54, 1.807) is 18.0 Å². The molecule has 2 aromatic heterocycles. The molecule has 0 spiro atoms. The van der Waals surface area contributed by atoms with E-state index in [9.17, 15) is 14.0 Å². The van der Waals surface area contributed by atoms with Gasteiger partial charge in [-0.2, -0.15) is 0 Å². The number of hydrogen-bond acceptors (Lipinski definition) is 4. The molecule has 0 unspecified atom stereocenters. The summed E-state index contributed by atoms with van der Waals surface area (Å²) in [5, 5.41) is 0.403. The maximum absolute atomic E-state index is 13.3. The van der Waals surface area contributed by atoms with Crippen LogP contribution in [0.25, 0.3) is 16.7 Å². The number of hydrogen-bond donors (Lipinski definition) is 1. The third-order valence-corrected chi connectivity index (χ3v) is 5.36. The molecule has 3 aromatic rings. The summed E-state index contributed by atoms with van der Waals surface area (Å²) in [6, 6.07) is 7.44. The minimum absolute atomic E-state index is 0.0244. The number of carbonyl (C=O) groups is 1. The summed E-state index contributed by atoms with van der Waals surface area (Å²) in [5.74, 6) is -0.241. The summed E-state index contributed by atoms with van der Waals surface area (Å²) in [7, 11) is 1.78. The molecule has 1 N–H and O–H groups in total. The van der Waals surface area contributed by atoms with E-state index in [1.807, 2.05) is 6.92 Å². The number of halogens is 1. The van der Waals surface area contributed by atoms with Crippen LogP contribution in [0.3, 0.4) is 0 Å². The number of H-pyrrole nitrogens is 1. The van der Waals surface area contributed by atoms with Crippen molar-refractivity contribution in [3.05, 3.63) is 52.2 Å². The van der Waals surface area contributed by atoms with Crippen LogP contribution in [-0.4, -0.2) is 44.7 Å². The second-order valence-corrected chi connectivity index (χ2v) is 7.62. The second kappa shape index (κ2) is 8.60. The molecule has 0 aliphatic carbocycles. The van der Waals surface area contributed by atoms with Gasteiger partial charge < -0.3 is 9.88 Å². The number of amides is 1. The molecular weight excluding hydrogens is 379 g/mol. The van der Waals surface area contributed by atoms with Crippen molar-refractivity contribution in [1.29, 1.82) is 0 Å². The van der Waals surface area contributed by atoms with E-state index < -0.39 is 0 Å². The molecule has 0 aliphatic rings. The number of unbranched alkanes of at least 4 members (excludes halogenated alkanes) is 1. The van der Waals surface area contributed by atoms with Crippen molar-refractivity contribution in [2.75, 3.05) is 19.3 Å². The Morgan fingerprint density at radius 2 is 2.04 bits per heavy atom. The molecule has 0 saturated carbocycles. The highest BCUT2D eigenvalue weighted by Crippen LogP contribution is 2.22. The molecule has 0 fully saturated rings. The zero-order valence-electron chi connectivity index (χ0n) is 16.2. The van der Waals surface area contributed by atoms with Crippen molar-refractivity contribution >= 4 is 28.7 Å². The van der Waals surface area contributed by atoms with Gasteiger partial charge in [0.2, 0.25) is 5.91 Å². The molecular formula is C20H23FN4O2S. The Morgan fingerprint density at radius 3 is 2.71 bits per heavy atom. The fourth-order valence-corrected chi connectivity index (χ4v) is 3.80. The first-order valence-corrected chi connectivity index (χ1v) is 10.1. The van der Waals surface area contributed by atoms with Crippen LogP contribution >= 0.6 is 11.8 Å². The molecule has 0 aliphatic heterocycles. The number of nitrogens with one attached hydrogen (secondary N) is 1. The van der Waals surface area contributed by atoms with Crippen LogP contribution in [-0.2, 0) is 4.79 Å². The predicted octanol–water partition coefficient (Wildman–Crippen LogP) is 3.51. The number of aromatic amines is 1. The zero-order chi connectivity index (χ0) is 20.3. The largest absolute Gasteiger partial charge is 0.353 e. The molecule has 148 valence electrons. The minimum atomic E-state index is -0.386. The van der Waals surface area contributed by atoms with Crippen LogP contribution < -0.4 is 5.56 Å². The van der Waals surface area contributed by atoms with Gasteiger partial charge >= 0.3 is 0 Å². The number of thioether (sulfide) groups is 1. The van der Waals surface area contributed by atoms with E-state index in [-0.39, 0.29) is 23.0 Å². The molecule has 0 radical (unpaired) electrons. The van der Waals surface area contributed by atoms with E-state index >= 15 is 0 Å². The summed E-state index contributed by atoms with van der Waals surface area (Å²) in [5.41, 5.74) is 1.98. The van der Waals surface area contributed by atoms with E-state index in [0.717, 1.165) is 18.5 Å². The lowest BCUT2D eigenvalue weighted by atomic mass is 10.3. The van der Waals surface area contributed by atoms with Crippen molar-refractivity contribution in [1.82, 2.24) is 19.4 Å². The maximum Gasteiger partial charge on any atom is 0.283 e. The zero-order valence-corrected chi connectivity index (χ0v) is 17.0. The molecule has 1 amide bonds. The second-order valence-electron chi connectivity index (χ2n) is 6.68. The SMILES string of the molecule is CCCCN(C)C(=O)CSc1nc2cc(C)[nH]c2c(=O)n1-c1ccc(F)cc1. The van der Waals surface area contributed by atoms with Crippen LogP contribution in [0.15, 0.2) is 40.3 Å². The van der Waals surface area contributed by atoms with Gasteiger partial charge in [0, 0.05) is 19.3 Å². The quantitative estimate of drug-likeness (QED) is 0.485. The number of carbonyl (C=O) groups excluding carboxylic acids is 1. The predicted molar refractivity (Wildman–Crippen MR) is 110 cm³/mol. The fourth-order valence-electron chi connectivity index (χ4n) is 2.85. The molecule has 1 aromatic carbocycles. The fraction of sp³-hybridized carbons (Fsp3) is 0.350. The number of benzene rings is 1. The maximum atomic E-state index is 13.3. The normalized spacial score (nSPS) is 11.1. The van der Waals surface area contributed by atoms with Gasteiger partial charge in [-0.25, -0.2) is 9.37 Å². The van der Waals surface area contributed by atoms with Crippen LogP contribution in [0, 0.1) is 12.7 Å². The molecule has 0 bridgehead atoms. The lowest BCUT2D eigenvalue weighted by Gasteiger charge is -2.17. The van der Waals surface area contributed by atoms with Gasteiger partial charge in [0.05, 0.1) is 17.0 Å². The average molecular weight is 402 g/mol. The Labute approximate surface area is 166 Å². The highest BCUT2D eigenvalue weighted by Gasteiger charge is 2.17. The molecule has 0 saturated heterocycles. The van der Waals surface area contributed by atoms with Crippen LogP contribution in [0.1, 0.15) is 25.5 Å². The molecule has 28 heavy (non-hydrogen) atoms. The highest BCUT2D eigenvalue weighted by atomic mass is 32.2. The number of aromatic nitrogens is 3. The lowest BCUT2D eigenvalue weighted by Crippen LogP contribution is -2.29. The summed E-state index contributed by atoms with van der Waals surface area (Å²) >= 11 is 1.21. The van der Waals surface area contributed by atoms with E-state index in [4.69, 9.17) is 0 Å². The van der Waals surface area contributed by atoms with Crippen molar-refractivity contribution in [3.8, 4) is 5.69 Å². The Kier molecular flexibility index (Phi) is 6.18. The van der Waals surface area contributed by atoms with Crippen molar-refractivity contribution in [2.24, 2.45) is 0 Å². The first-order chi connectivity index (χ1) is 13.4. The van der Waals surface area contributed by atoms with E-state index in [0.29, 0.717) is 28.4 Å². The molecule has 0 atom stereocenters. The van der Waals surface area contributed by atoms with Gasteiger partial charge in [0.15, 0.2) is 5.16 Å².